The first-order valence-electron chi connectivity index (χ1n) is 6.46. The summed E-state index contributed by atoms with van der Waals surface area (Å²) in [6, 6.07) is 14.4. The molecule has 2 aromatic carbocycles. The summed E-state index contributed by atoms with van der Waals surface area (Å²) in [5.41, 5.74) is 2.09. The second-order valence-electron chi connectivity index (χ2n) is 4.50. The molecular weight excluding hydrogens is 282 g/mol. The lowest BCUT2D eigenvalue weighted by Crippen LogP contribution is -2.28. The Hall–Kier alpha value is -3.33. The van der Waals surface area contributed by atoms with Crippen molar-refractivity contribution in [1.29, 1.82) is 5.26 Å². The lowest BCUT2D eigenvalue weighted by atomic mass is 10.1. The van der Waals surface area contributed by atoms with Crippen LogP contribution < -0.4 is 10.6 Å². The molecule has 22 heavy (non-hydrogen) atoms. The number of carbonyl (C=O) groups is 2. The number of nitrogens with zero attached hydrogens (tertiary/aromatic N) is 1. The van der Waals surface area contributed by atoms with Gasteiger partial charge in [-0.25, -0.2) is 9.59 Å². The summed E-state index contributed by atoms with van der Waals surface area (Å²) in [5.74, 6) is -0.988. The maximum atomic E-state index is 11.7. The largest absolute Gasteiger partial charge is 0.478 e. The van der Waals surface area contributed by atoms with Crippen molar-refractivity contribution in [2.75, 3.05) is 5.32 Å². The highest BCUT2D eigenvalue weighted by molar-refractivity contribution is 5.89. The van der Waals surface area contributed by atoms with E-state index in [4.69, 9.17) is 10.4 Å². The third-order valence-corrected chi connectivity index (χ3v) is 2.93. The van der Waals surface area contributed by atoms with E-state index >= 15 is 0 Å². The number of carboxylic acid groups (broad SMARTS) is 1. The molecule has 0 aliphatic heterocycles. The molecule has 0 saturated heterocycles. The van der Waals surface area contributed by atoms with E-state index in [0.717, 1.165) is 5.56 Å². The minimum atomic E-state index is -0.988. The van der Waals surface area contributed by atoms with E-state index in [2.05, 4.69) is 10.6 Å². The minimum absolute atomic E-state index is 0.200. The molecule has 6 heteroatoms. The Labute approximate surface area is 127 Å². The smallest absolute Gasteiger partial charge is 0.335 e. The molecule has 0 aromatic heterocycles. The van der Waals surface area contributed by atoms with Crippen LogP contribution in [-0.4, -0.2) is 17.1 Å². The summed E-state index contributed by atoms with van der Waals surface area (Å²) in [5, 5.41) is 22.8. The van der Waals surface area contributed by atoms with Crippen LogP contribution in [0.1, 0.15) is 21.5 Å². The highest BCUT2D eigenvalue weighted by Crippen LogP contribution is 2.09. The zero-order valence-corrected chi connectivity index (χ0v) is 11.5. The lowest BCUT2D eigenvalue weighted by molar-refractivity contribution is 0.0697. The molecule has 0 unspecified atom stereocenters. The van der Waals surface area contributed by atoms with Crippen molar-refractivity contribution in [2.24, 2.45) is 0 Å². The summed E-state index contributed by atoms with van der Waals surface area (Å²) >= 11 is 0. The summed E-state index contributed by atoms with van der Waals surface area (Å²) < 4.78 is 0. The van der Waals surface area contributed by atoms with Crippen molar-refractivity contribution in [3.05, 3.63) is 65.2 Å². The molecule has 0 atom stereocenters. The predicted molar refractivity (Wildman–Crippen MR) is 80.4 cm³/mol. The van der Waals surface area contributed by atoms with Crippen LogP contribution in [0.3, 0.4) is 0 Å². The van der Waals surface area contributed by atoms with Crippen molar-refractivity contribution in [1.82, 2.24) is 5.32 Å². The first-order chi connectivity index (χ1) is 10.6. The van der Waals surface area contributed by atoms with Gasteiger partial charge in [-0.3, -0.25) is 0 Å². The molecule has 0 radical (unpaired) electrons. The summed E-state index contributed by atoms with van der Waals surface area (Å²) in [6.07, 6.45) is 0. The van der Waals surface area contributed by atoms with Crippen LogP contribution in [0.25, 0.3) is 0 Å². The van der Waals surface area contributed by atoms with Crippen LogP contribution >= 0.6 is 0 Å². The van der Waals surface area contributed by atoms with Crippen molar-refractivity contribution < 1.29 is 14.7 Å². The first-order valence-corrected chi connectivity index (χ1v) is 6.46. The van der Waals surface area contributed by atoms with Gasteiger partial charge >= 0.3 is 12.0 Å². The van der Waals surface area contributed by atoms with Gasteiger partial charge in [0.05, 0.1) is 17.2 Å². The third-order valence-electron chi connectivity index (χ3n) is 2.93. The van der Waals surface area contributed by atoms with Gasteiger partial charge in [0, 0.05) is 12.2 Å². The molecule has 3 N–H and O–H groups in total. The fourth-order valence-corrected chi connectivity index (χ4v) is 1.75. The average molecular weight is 295 g/mol. The maximum absolute atomic E-state index is 11.7. The normalized spacial score (nSPS) is 9.59. The van der Waals surface area contributed by atoms with E-state index < -0.39 is 5.97 Å². The number of anilines is 1. The number of rotatable bonds is 4. The molecular formula is C16H13N3O3. The Morgan fingerprint density at radius 3 is 2.23 bits per heavy atom. The lowest BCUT2D eigenvalue weighted by Gasteiger charge is -2.08. The number of nitriles is 1. The molecule has 0 aliphatic rings. The van der Waals surface area contributed by atoms with Gasteiger partial charge in [0.15, 0.2) is 0 Å². The number of nitrogens with one attached hydrogen (secondary N) is 2. The number of benzene rings is 2. The highest BCUT2D eigenvalue weighted by atomic mass is 16.4. The molecule has 0 fully saturated rings. The Morgan fingerprint density at radius 1 is 1.05 bits per heavy atom. The minimum Gasteiger partial charge on any atom is -0.478 e. The third kappa shape index (κ3) is 4.08. The van der Waals surface area contributed by atoms with Gasteiger partial charge in [-0.1, -0.05) is 12.1 Å². The number of aromatic carboxylic acids is 1. The quantitative estimate of drug-likeness (QED) is 0.806. The zero-order chi connectivity index (χ0) is 15.9. The molecule has 0 aliphatic carbocycles. The van der Waals surface area contributed by atoms with Gasteiger partial charge in [-0.05, 0) is 42.0 Å². The van der Waals surface area contributed by atoms with Crippen molar-refractivity contribution in [2.45, 2.75) is 6.54 Å². The van der Waals surface area contributed by atoms with E-state index in [-0.39, 0.29) is 18.1 Å². The molecule has 110 valence electrons. The van der Waals surface area contributed by atoms with Gasteiger partial charge in [-0.15, -0.1) is 0 Å². The van der Waals surface area contributed by atoms with Crippen LogP contribution in [0.5, 0.6) is 0 Å². The number of carboxylic acids is 1. The summed E-state index contributed by atoms with van der Waals surface area (Å²) in [6.45, 7) is 0.280. The van der Waals surface area contributed by atoms with Gasteiger partial charge in [0.25, 0.3) is 0 Å². The summed E-state index contributed by atoms with van der Waals surface area (Å²) in [4.78, 5) is 22.5. The Bertz CT molecular complexity index is 716. The van der Waals surface area contributed by atoms with Gasteiger partial charge in [0.2, 0.25) is 0 Å². The van der Waals surface area contributed by atoms with E-state index in [9.17, 15) is 9.59 Å². The molecule has 0 saturated carbocycles. The fourth-order valence-electron chi connectivity index (χ4n) is 1.75. The van der Waals surface area contributed by atoms with E-state index in [1.54, 1.807) is 36.4 Å². The molecule has 6 nitrogen and oxygen atoms in total. The molecule has 2 rings (SSSR count). The van der Waals surface area contributed by atoms with Crippen molar-refractivity contribution in [3.63, 3.8) is 0 Å². The number of hydrogen-bond acceptors (Lipinski definition) is 3. The van der Waals surface area contributed by atoms with Gasteiger partial charge < -0.3 is 15.7 Å². The van der Waals surface area contributed by atoms with E-state index in [1.165, 1.54) is 12.1 Å². The Balaban J connectivity index is 1.86. The SMILES string of the molecule is N#Cc1ccc(NC(=O)NCc2ccc(C(=O)O)cc2)cc1. The predicted octanol–water partition coefficient (Wildman–Crippen LogP) is 2.58. The number of urea groups is 1. The number of carbonyl (C=O) groups excluding carboxylic acids is 1. The maximum Gasteiger partial charge on any atom is 0.335 e. The van der Waals surface area contributed by atoms with Crippen LogP contribution in [0.4, 0.5) is 10.5 Å². The first kappa shape index (κ1) is 15.1. The molecule has 0 bridgehead atoms. The topological polar surface area (TPSA) is 102 Å². The monoisotopic (exact) mass is 295 g/mol. The Morgan fingerprint density at radius 2 is 1.68 bits per heavy atom. The van der Waals surface area contributed by atoms with E-state index in [0.29, 0.717) is 11.3 Å². The Kier molecular flexibility index (Phi) is 4.73. The molecule has 2 amide bonds. The van der Waals surface area contributed by atoms with Crippen LogP contribution in [0.15, 0.2) is 48.5 Å². The standard InChI is InChI=1S/C16H13N3O3/c17-9-11-3-7-14(8-4-11)19-16(22)18-10-12-1-5-13(6-2-12)15(20)21/h1-8H,10H2,(H,20,21)(H2,18,19,22). The number of hydrogen-bond donors (Lipinski definition) is 3. The molecule has 2 aromatic rings. The zero-order valence-electron chi connectivity index (χ0n) is 11.5. The second kappa shape index (κ2) is 6.90. The summed E-state index contributed by atoms with van der Waals surface area (Å²) in [7, 11) is 0. The average Bonchev–Trinajstić information content (AvgIpc) is 2.54. The van der Waals surface area contributed by atoms with Crippen LogP contribution in [0, 0.1) is 11.3 Å². The van der Waals surface area contributed by atoms with Gasteiger partial charge in [0.1, 0.15) is 0 Å². The number of amides is 2. The van der Waals surface area contributed by atoms with Crippen molar-refractivity contribution >= 4 is 17.7 Å². The van der Waals surface area contributed by atoms with E-state index in [1.807, 2.05) is 6.07 Å². The molecule has 0 heterocycles. The fraction of sp³-hybridized carbons (Fsp3) is 0.0625. The van der Waals surface area contributed by atoms with Crippen LogP contribution in [0.2, 0.25) is 0 Å². The second-order valence-corrected chi connectivity index (χ2v) is 4.50. The molecule has 0 spiro atoms. The van der Waals surface area contributed by atoms with Gasteiger partial charge in [-0.2, -0.15) is 5.26 Å². The van der Waals surface area contributed by atoms with Crippen LogP contribution in [-0.2, 0) is 6.54 Å². The van der Waals surface area contributed by atoms with Crippen molar-refractivity contribution in [3.8, 4) is 6.07 Å². The highest BCUT2D eigenvalue weighted by Gasteiger charge is 2.04.